The van der Waals surface area contributed by atoms with Crippen molar-refractivity contribution in [2.24, 2.45) is 11.7 Å². The molecule has 1 aliphatic rings. The Kier molecular flexibility index (Phi) is 8.79. The number of nitrogens with two attached hydrogens (primary N) is 1. The Hall–Kier alpha value is -3.22. The molecule has 0 heterocycles. The van der Waals surface area contributed by atoms with Crippen molar-refractivity contribution in [1.29, 1.82) is 0 Å². The molecule has 2 aromatic rings. The molecule has 2 amide bonds. The van der Waals surface area contributed by atoms with Crippen molar-refractivity contribution >= 4 is 17.6 Å². The highest BCUT2D eigenvalue weighted by atomic mass is 19.1. The van der Waals surface area contributed by atoms with Gasteiger partial charge >= 0.3 is 11.8 Å². The molecule has 1 fully saturated rings. The maximum atomic E-state index is 13.7. The van der Waals surface area contributed by atoms with E-state index in [0.29, 0.717) is 35.5 Å². The first-order valence-corrected chi connectivity index (χ1v) is 11.8. The van der Waals surface area contributed by atoms with Gasteiger partial charge in [0.2, 0.25) is 0 Å². The van der Waals surface area contributed by atoms with Crippen LogP contribution in [0, 0.1) is 11.7 Å². The number of halogens is 1. The lowest BCUT2D eigenvalue weighted by Crippen LogP contribution is -2.36. The Morgan fingerprint density at radius 2 is 1.88 bits per heavy atom. The number of amides is 2. The summed E-state index contributed by atoms with van der Waals surface area (Å²) in [6.07, 6.45) is 5.17. The molecule has 0 unspecified atom stereocenters. The van der Waals surface area contributed by atoms with Crippen LogP contribution in [0.25, 0.3) is 0 Å². The monoisotopic (exact) mass is 468 g/mol. The topological polar surface area (TPSA) is 98.5 Å². The molecule has 34 heavy (non-hydrogen) atoms. The summed E-state index contributed by atoms with van der Waals surface area (Å²) in [4.78, 5) is 34.2. The van der Waals surface area contributed by atoms with Crippen molar-refractivity contribution in [3.05, 3.63) is 65.0 Å². The Bertz CT molecular complexity index is 1020. The van der Waals surface area contributed by atoms with Gasteiger partial charge < -0.3 is 15.8 Å². The van der Waals surface area contributed by atoms with E-state index in [0.717, 1.165) is 31.2 Å². The zero-order valence-corrected chi connectivity index (χ0v) is 19.8. The van der Waals surface area contributed by atoms with Crippen LogP contribution in [0.5, 0.6) is 5.75 Å². The molecule has 6 nitrogen and oxygen atoms in total. The zero-order valence-electron chi connectivity index (χ0n) is 19.8. The highest BCUT2D eigenvalue weighted by Crippen LogP contribution is 2.42. The minimum Gasteiger partial charge on any atom is -0.494 e. The third kappa shape index (κ3) is 6.65. The fourth-order valence-corrected chi connectivity index (χ4v) is 4.83. The molecule has 0 spiro atoms. The largest absolute Gasteiger partial charge is 0.494 e. The number of nitrogens with one attached hydrogen (secondary N) is 1. The number of carbonyl (C=O) groups excluding carboxylic acids is 3. The van der Waals surface area contributed by atoms with E-state index in [1.807, 2.05) is 30.3 Å². The van der Waals surface area contributed by atoms with E-state index in [1.54, 1.807) is 6.07 Å². The first-order chi connectivity index (χ1) is 16.3. The number of hydrogen-bond donors (Lipinski definition) is 2. The molecule has 0 aliphatic heterocycles. The average Bonchev–Trinajstić information content (AvgIpc) is 3.30. The number of ether oxygens (including phenoxy) is 1. The SMILES string of the molecule is COc1cc([C@@H](C)C[C@H]2CC[C@@H](c3ccc(C(=O)CCCNC(=O)C(N)=O)cc3)C2)ccc1F. The first kappa shape index (κ1) is 25.4. The van der Waals surface area contributed by atoms with Crippen molar-refractivity contribution in [3.63, 3.8) is 0 Å². The van der Waals surface area contributed by atoms with Crippen LogP contribution >= 0.6 is 0 Å². The summed E-state index contributed by atoms with van der Waals surface area (Å²) in [6.45, 7) is 2.41. The van der Waals surface area contributed by atoms with Crippen LogP contribution in [0.15, 0.2) is 42.5 Å². The zero-order chi connectivity index (χ0) is 24.7. The van der Waals surface area contributed by atoms with E-state index in [4.69, 9.17) is 10.5 Å². The standard InChI is InChI=1S/C27H33FN2O4/c1-17(21-11-12-23(28)25(16-21)34-2)14-18-5-6-22(15-18)19-7-9-20(10-8-19)24(31)4-3-13-30-27(33)26(29)32/h7-12,16-18,22H,3-6,13-15H2,1-2H3,(H2,29,32)(H,30,33)/t17-,18+,22+/m0/s1. The van der Waals surface area contributed by atoms with Gasteiger partial charge in [-0.05, 0) is 73.1 Å². The summed E-state index contributed by atoms with van der Waals surface area (Å²) in [5, 5.41) is 2.38. The molecule has 2 aromatic carbocycles. The fourth-order valence-electron chi connectivity index (χ4n) is 4.83. The van der Waals surface area contributed by atoms with E-state index in [1.165, 1.54) is 18.7 Å². The van der Waals surface area contributed by atoms with Gasteiger partial charge in [0.25, 0.3) is 0 Å². The lowest BCUT2D eigenvalue weighted by Gasteiger charge is -2.18. The third-order valence-corrected chi connectivity index (χ3v) is 6.77. The van der Waals surface area contributed by atoms with E-state index in [-0.39, 0.29) is 24.6 Å². The van der Waals surface area contributed by atoms with Crippen LogP contribution in [0.4, 0.5) is 4.39 Å². The Morgan fingerprint density at radius 1 is 1.15 bits per heavy atom. The molecular formula is C27H33FN2O4. The molecule has 3 atom stereocenters. The van der Waals surface area contributed by atoms with Crippen LogP contribution in [-0.2, 0) is 9.59 Å². The van der Waals surface area contributed by atoms with Crippen LogP contribution in [-0.4, -0.2) is 31.3 Å². The fraction of sp³-hybridized carbons (Fsp3) is 0.444. The van der Waals surface area contributed by atoms with E-state index < -0.39 is 11.8 Å². The summed E-state index contributed by atoms with van der Waals surface area (Å²) in [5.74, 6) is -0.491. The molecule has 7 heteroatoms. The van der Waals surface area contributed by atoms with Gasteiger partial charge in [0, 0.05) is 18.5 Å². The second kappa shape index (κ2) is 11.8. The maximum Gasteiger partial charge on any atom is 0.309 e. The van der Waals surface area contributed by atoms with Crippen molar-refractivity contribution in [1.82, 2.24) is 5.32 Å². The Balaban J connectivity index is 1.48. The van der Waals surface area contributed by atoms with Crippen LogP contribution in [0.2, 0.25) is 0 Å². The molecular weight excluding hydrogens is 435 g/mol. The minimum atomic E-state index is -1.03. The molecule has 1 aliphatic carbocycles. The van der Waals surface area contributed by atoms with Gasteiger partial charge in [-0.15, -0.1) is 0 Å². The van der Waals surface area contributed by atoms with Gasteiger partial charge in [0.15, 0.2) is 17.3 Å². The highest BCUT2D eigenvalue weighted by Gasteiger charge is 2.27. The minimum absolute atomic E-state index is 0.00715. The van der Waals surface area contributed by atoms with Crippen LogP contribution < -0.4 is 15.8 Å². The molecule has 0 saturated heterocycles. The Labute approximate surface area is 200 Å². The lowest BCUT2D eigenvalue weighted by molar-refractivity contribution is -0.137. The molecule has 1 saturated carbocycles. The molecule has 0 aromatic heterocycles. The van der Waals surface area contributed by atoms with E-state index in [9.17, 15) is 18.8 Å². The van der Waals surface area contributed by atoms with E-state index in [2.05, 4.69) is 12.2 Å². The number of methoxy groups -OCH3 is 1. The molecule has 3 rings (SSSR count). The summed E-state index contributed by atoms with van der Waals surface area (Å²) in [7, 11) is 1.49. The highest BCUT2D eigenvalue weighted by molar-refractivity contribution is 6.34. The quantitative estimate of drug-likeness (QED) is 0.305. The van der Waals surface area contributed by atoms with Crippen LogP contribution in [0.3, 0.4) is 0 Å². The van der Waals surface area contributed by atoms with Gasteiger partial charge in [-0.3, -0.25) is 14.4 Å². The van der Waals surface area contributed by atoms with Crippen molar-refractivity contribution in [2.45, 2.75) is 57.3 Å². The smallest absolute Gasteiger partial charge is 0.309 e. The molecule has 3 N–H and O–H groups in total. The van der Waals surface area contributed by atoms with Gasteiger partial charge in [-0.2, -0.15) is 0 Å². The second-order valence-corrected chi connectivity index (χ2v) is 9.18. The predicted octanol–water partition coefficient (Wildman–Crippen LogP) is 4.48. The van der Waals surface area contributed by atoms with Crippen molar-refractivity contribution in [2.75, 3.05) is 13.7 Å². The second-order valence-electron chi connectivity index (χ2n) is 9.18. The number of Topliss-reactive ketones (excluding diaryl/α,β-unsaturated/α-hetero) is 1. The summed E-state index contributed by atoms with van der Waals surface area (Å²) < 4.78 is 18.8. The van der Waals surface area contributed by atoms with Gasteiger partial charge in [-0.1, -0.05) is 37.3 Å². The number of primary amides is 1. The number of ketones is 1. The predicted molar refractivity (Wildman–Crippen MR) is 128 cm³/mol. The summed E-state index contributed by atoms with van der Waals surface area (Å²) >= 11 is 0. The first-order valence-electron chi connectivity index (χ1n) is 11.8. The van der Waals surface area contributed by atoms with Crippen molar-refractivity contribution in [3.8, 4) is 5.75 Å². The normalized spacial score (nSPS) is 18.3. The summed E-state index contributed by atoms with van der Waals surface area (Å²) in [5.41, 5.74) is 7.88. The lowest BCUT2D eigenvalue weighted by atomic mass is 9.87. The van der Waals surface area contributed by atoms with E-state index >= 15 is 0 Å². The molecule has 0 bridgehead atoms. The molecule has 182 valence electrons. The Morgan fingerprint density at radius 3 is 2.56 bits per heavy atom. The molecule has 0 radical (unpaired) electrons. The van der Waals surface area contributed by atoms with Gasteiger partial charge in [-0.25, -0.2) is 4.39 Å². The number of benzene rings is 2. The number of hydrogen-bond acceptors (Lipinski definition) is 4. The number of carbonyl (C=O) groups is 3. The van der Waals surface area contributed by atoms with Crippen molar-refractivity contribution < 1.29 is 23.5 Å². The third-order valence-electron chi connectivity index (χ3n) is 6.77. The number of rotatable bonds is 10. The summed E-state index contributed by atoms with van der Waals surface area (Å²) in [6, 6.07) is 13.0. The van der Waals surface area contributed by atoms with Gasteiger partial charge in [0.05, 0.1) is 7.11 Å². The van der Waals surface area contributed by atoms with Gasteiger partial charge in [0.1, 0.15) is 0 Å². The van der Waals surface area contributed by atoms with Crippen LogP contribution in [0.1, 0.15) is 78.8 Å². The average molecular weight is 469 g/mol. The maximum absolute atomic E-state index is 13.7.